The van der Waals surface area contributed by atoms with Crippen molar-refractivity contribution < 1.29 is 37.0 Å². The fourth-order valence-electron chi connectivity index (χ4n) is 3.04. The summed E-state index contributed by atoms with van der Waals surface area (Å²) in [5, 5.41) is 0. The molecule has 0 amide bonds. The topological polar surface area (TPSA) is 114 Å². The maximum Gasteiger partial charge on any atom is 0.422 e. The van der Waals surface area contributed by atoms with Crippen LogP contribution >= 0.6 is 0 Å². The number of carbonyl (C=O) groups is 2. The molecule has 0 spiro atoms. The van der Waals surface area contributed by atoms with Crippen LogP contribution in [0.1, 0.15) is 21.5 Å². The van der Waals surface area contributed by atoms with E-state index in [1.807, 2.05) is 0 Å². The van der Waals surface area contributed by atoms with Crippen LogP contribution < -0.4 is 20.9 Å². The van der Waals surface area contributed by atoms with Gasteiger partial charge in [0.1, 0.15) is 11.5 Å². The maximum atomic E-state index is 12.3. The van der Waals surface area contributed by atoms with Gasteiger partial charge in [-0.1, -0.05) is 12.1 Å². The summed E-state index contributed by atoms with van der Waals surface area (Å²) in [6.45, 7) is -1.25. The van der Waals surface area contributed by atoms with E-state index < -0.39 is 24.7 Å². The first-order valence-corrected chi connectivity index (χ1v) is 10.7. The van der Waals surface area contributed by atoms with Crippen molar-refractivity contribution in [2.24, 2.45) is 0 Å². The normalized spacial score (nSPS) is 11.3. The minimum Gasteiger partial charge on any atom is -0.484 e. The lowest BCUT2D eigenvalue weighted by atomic mass is 10.1. The molecular formula is C26H23F3N2O5. The monoisotopic (exact) mass is 500 g/mol. The van der Waals surface area contributed by atoms with Crippen LogP contribution in [0.4, 0.5) is 24.5 Å². The number of hydrogen-bond donors (Lipinski definition) is 2. The number of esters is 2. The predicted octanol–water partition coefficient (Wildman–Crippen LogP) is 4.81. The molecule has 0 aliphatic rings. The Morgan fingerprint density at radius 1 is 0.861 bits per heavy atom. The quantitative estimate of drug-likeness (QED) is 0.188. The van der Waals surface area contributed by atoms with Gasteiger partial charge in [-0.2, -0.15) is 13.2 Å². The molecule has 0 saturated heterocycles. The number of hydrogen-bond acceptors (Lipinski definition) is 7. The summed E-state index contributed by atoms with van der Waals surface area (Å²) in [4.78, 5) is 24.2. The van der Waals surface area contributed by atoms with Gasteiger partial charge in [0.2, 0.25) is 0 Å². The van der Waals surface area contributed by atoms with E-state index in [4.69, 9.17) is 20.9 Å². The summed E-state index contributed by atoms with van der Waals surface area (Å²) in [6, 6.07) is 16.6. The first-order valence-electron chi connectivity index (χ1n) is 10.7. The number of ether oxygens (including phenoxy) is 3. The number of benzene rings is 3. The molecule has 0 atom stereocenters. The standard InChI is InChI=1S/C26H23F3N2O5/c27-26(28,29)16-35-22-6-8-23(9-7-22)36-25(33)19-4-1-17(2-5-19)3-10-24(32)34-12-11-18-13-20(30)15-21(31)14-18/h1-10,13-15H,11-12,16,30-31H2. The van der Waals surface area contributed by atoms with E-state index in [9.17, 15) is 22.8 Å². The zero-order chi connectivity index (χ0) is 26.1. The van der Waals surface area contributed by atoms with Crippen molar-refractivity contribution >= 4 is 29.4 Å². The molecule has 36 heavy (non-hydrogen) atoms. The van der Waals surface area contributed by atoms with Crippen LogP contribution in [0.15, 0.2) is 72.8 Å². The van der Waals surface area contributed by atoms with Gasteiger partial charge >= 0.3 is 18.1 Å². The molecular weight excluding hydrogens is 477 g/mol. The molecule has 3 rings (SSSR count). The SMILES string of the molecule is Nc1cc(N)cc(CCOC(=O)C=Cc2ccc(C(=O)Oc3ccc(OCC(F)(F)F)cc3)cc2)c1. The van der Waals surface area contributed by atoms with Crippen molar-refractivity contribution in [2.45, 2.75) is 12.6 Å². The number of alkyl halides is 3. The third kappa shape index (κ3) is 8.71. The van der Waals surface area contributed by atoms with Gasteiger partial charge in [0, 0.05) is 23.9 Å². The number of rotatable bonds is 9. The minimum absolute atomic E-state index is 0.00347. The second-order valence-electron chi connectivity index (χ2n) is 7.65. The Kier molecular flexibility index (Phi) is 8.56. The molecule has 10 heteroatoms. The number of nitrogens with two attached hydrogens (primary N) is 2. The minimum atomic E-state index is -4.44. The van der Waals surface area contributed by atoms with Crippen molar-refractivity contribution in [3.8, 4) is 11.5 Å². The Labute approximate surface area is 205 Å². The molecule has 0 fully saturated rings. The highest BCUT2D eigenvalue weighted by Gasteiger charge is 2.28. The zero-order valence-corrected chi connectivity index (χ0v) is 19.0. The van der Waals surface area contributed by atoms with Crippen molar-refractivity contribution in [1.82, 2.24) is 0 Å². The van der Waals surface area contributed by atoms with Crippen LogP contribution in [0.25, 0.3) is 6.08 Å². The van der Waals surface area contributed by atoms with E-state index in [-0.39, 0.29) is 23.7 Å². The lowest BCUT2D eigenvalue weighted by Gasteiger charge is -2.09. The van der Waals surface area contributed by atoms with Crippen LogP contribution in [0, 0.1) is 0 Å². The average molecular weight is 500 g/mol. The molecule has 7 nitrogen and oxygen atoms in total. The second-order valence-corrected chi connectivity index (χ2v) is 7.65. The van der Waals surface area contributed by atoms with Gasteiger partial charge in [-0.05, 0) is 71.8 Å². The average Bonchev–Trinajstić information content (AvgIpc) is 2.81. The molecule has 3 aromatic rings. The van der Waals surface area contributed by atoms with Gasteiger partial charge in [0.05, 0.1) is 12.2 Å². The van der Waals surface area contributed by atoms with Crippen molar-refractivity contribution in [2.75, 3.05) is 24.7 Å². The highest BCUT2D eigenvalue weighted by Crippen LogP contribution is 2.22. The summed E-state index contributed by atoms with van der Waals surface area (Å²) in [7, 11) is 0. The molecule has 0 bridgehead atoms. The Morgan fingerprint density at radius 3 is 2.08 bits per heavy atom. The Morgan fingerprint density at radius 2 is 1.47 bits per heavy atom. The summed E-state index contributed by atoms with van der Waals surface area (Å²) >= 11 is 0. The highest BCUT2D eigenvalue weighted by molar-refractivity contribution is 5.91. The van der Waals surface area contributed by atoms with Gasteiger partial charge in [-0.15, -0.1) is 0 Å². The molecule has 0 aliphatic heterocycles. The van der Waals surface area contributed by atoms with Crippen LogP contribution in [0.2, 0.25) is 0 Å². The molecule has 0 heterocycles. The van der Waals surface area contributed by atoms with Gasteiger partial charge in [-0.3, -0.25) is 0 Å². The number of carbonyl (C=O) groups excluding carboxylic acids is 2. The molecule has 4 N–H and O–H groups in total. The maximum absolute atomic E-state index is 12.3. The van der Waals surface area contributed by atoms with Crippen LogP contribution in [0.5, 0.6) is 11.5 Å². The zero-order valence-electron chi connectivity index (χ0n) is 19.0. The summed E-state index contributed by atoms with van der Waals surface area (Å²) in [5.41, 5.74) is 14.3. The van der Waals surface area contributed by atoms with Gasteiger partial charge in [0.25, 0.3) is 0 Å². The molecule has 0 aromatic heterocycles. The molecule has 0 radical (unpaired) electrons. The summed E-state index contributed by atoms with van der Waals surface area (Å²) < 4.78 is 51.6. The summed E-state index contributed by atoms with van der Waals surface area (Å²) in [6.07, 6.45) is -1.17. The smallest absolute Gasteiger partial charge is 0.422 e. The van der Waals surface area contributed by atoms with E-state index in [1.54, 1.807) is 30.3 Å². The second kappa shape index (κ2) is 11.8. The first-order chi connectivity index (χ1) is 17.1. The van der Waals surface area contributed by atoms with E-state index in [2.05, 4.69) is 4.74 Å². The Balaban J connectivity index is 1.46. The van der Waals surface area contributed by atoms with Crippen LogP contribution in [0.3, 0.4) is 0 Å². The number of halogens is 3. The molecule has 0 unspecified atom stereocenters. The summed E-state index contributed by atoms with van der Waals surface area (Å²) in [5.74, 6) is -1.04. The largest absolute Gasteiger partial charge is 0.484 e. The van der Waals surface area contributed by atoms with Crippen molar-refractivity contribution in [3.63, 3.8) is 0 Å². The van der Waals surface area contributed by atoms with Crippen LogP contribution in [-0.4, -0.2) is 31.3 Å². The highest BCUT2D eigenvalue weighted by atomic mass is 19.4. The Hall–Kier alpha value is -4.47. The number of anilines is 2. The number of nitrogen functional groups attached to an aromatic ring is 2. The van der Waals surface area contributed by atoms with Crippen LogP contribution in [-0.2, 0) is 16.0 Å². The van der Waals surface area contributed by atoms with Crippen molar-refractivity contribution in [1.29, 1.82) is 0 Å². The molecule has 3 aromatic carbocycles. The van der Waals surface area contributed by atoms with Gasteiger partial charge in [0.15, 0.2) is 6.61 Å². The van der Waals surface area contributed by atoms with Crippen molar-refractivity contribution in [3.05, 3.63) is 89.5 Å². The fourth-order valence-corrected chi connectivity index (χ4v) is 3.04. The van der Waals surface area contributed by atoms with Gasteiger partial charge in [-0.25, -0.2) is 9.59 Å². The predicted molar refractivity (Wildman–Crippen MR) is 128 cm³/mol. The Bertz CT molecular complexity index is 1200. The van der Waals surface area contributed by atoms with E-state index in [0.29, 0.717) is 23.4 Å². The van der Waals surface area contributed by atoms with E-state index in [1.165, 1.54) is 48.6 Å². The van der Waals surface area contributed by atoms with E-state index >= 15 is 0 Å². The lowest BCUT2D eigenvalue weighted by Crippen LogP contribution is -2.19. The first kappa shape index (κ1) is 26.1. The lowest BCUT2D eigenvalue weighted by molar-refractivity contribution is -0.153. The third-order valence-corrected chi connectivity index (χ3v) is 4.67. The van der Waals surface area contributed by atoms with E-state index in [0.717, 1.165) is 5.56 Å². The molecule has 0 saturated carbocycles. The van der Waals surface area contributed by atoms with Gasteiger partial charge < -0.3 is 25.7 Å². The molecule has 188 valence electrons. The fraction of sp³-hybridized carbons (Fsp3) is 0.154. The molecule has 0 aliphatic carbocycles. The third-order valence-electron chi connectivity index (χ3n) is 4.67.